The molecule has 1 amide bonds. The molecule has 0 atom stereocenters. The number of methoxy groups -OCH3 is 1. The van der Waals surface area contributed by atoms with Gasteiger partial charge in [-0.3, -0.25) is 9.69 Å². The van der Waals surface area contributed by atoms with Crippen LogP contribution in [-0.4, -0.2) is 47.6 Å². The van der Waals surface area contributed by atoms with Crippen LogP contribution in [0.25, 0.3) is 10.9 Å². The Bertz CT molecular complexity index is 1190. The van der Waals surface area contributed by atoms with Crippen LogP contribution in [-0.2, 0) is 24.2 Å². The molecule has 0 saturated heterocycles. The molecule has 0 saturated carbocycles. The number of benzene rings is 2. The molecule has 2 heterocycles. The average Bonchev–Trinajstić information content (AvgIpc) is 3.46. The van der Waals surface area contributed by atoms with E-state index in [9.17, 15) is 4.79 Å². The number of aromatic amines is 1. The number of nitrogens with zero attached hydrogens (tertiary/aromatic N) is 2. The van der Waals surface area contributed by atoms with Crippen LogP contribution in [0.2, 0.25) is 5.02 Å². The van der Waals surface area contributed by atoms with E-state index in [-0.39, 0.29) is 11.6 Å². The number of carbonyl (C=O) groups excluding carboxylic acids is 1. The fourth-order valence-corrected chi connectivity index (χ4v) is 3.84. The number of H-pyrrole nitrogens is 1. The predicted octanol–water partition coefficient (Wildman–Crippen LogP) is 4.43. The normalized spacial score (nSPS) is 11.4. The fraction of sp³-hybridized carbons (Fsp3) is 0.280. The molecule has 4 rings (SSSR count). The van der Waals surface area contributed by atoms with Crippen molar-refractivity contribution in [3.63, 3.8) is 0 Å². The highest BCUT2D eigenvalue weighted by molar-refractivity contribution is 6.30. The molecule has 2 N–H and O–H groups in total. The number of nitrogens with one attached hydrogen (secondary N) is 2. The molecule has 172 valence electrons. The molecule has 8 heteroatoms. The maximum Gasteiger partial charge on any atom is 0.273 e. The summed E-state index contributed by atoms with van der Waals surface area (Å²) in [6.07, 6.45) is 4.33. The van der Waals surface area contributed by atoms with Crippen LogP contribution in [0.4, 0.5) is 0 Å². The van der Waals surface area contributed by atoms with Gasteiger partial charge in [0, 0.05) is 48.9 Å². The van der Waals surface area contributed by atoms with Gasteiger partial charge in [0.2, 0.25) is 5.89 Å². The zero-order valence-corrected chi connectivity index (χ0v) is 19.3. The molecule has 7 nitrogen and oxygen atoms in total. The lowest BCUT2D eigenvalue weighted by Crippen LogP contribution is -2.27. The van der Waals surface area contributed by atoms with Gasteiger partial charge in [0.25, 0.3) is 5.91 Å². The summed E-state index contributed by atoms with van der Waals surface area (Å²) in [7, 11) is 1.59. The van der Waals surface area contributed by atoms with Crippen molar-refractivity contribution in [3.05, 3.63) is 88.7 Å². The third kappa shape index (κ3) is 6.22. The number of hydrogen-bond donors (Lipinski definition) is 2. The highest BCUT2D eigenvalue weighted by atomic mass is 35.5. The number of aromatic nitrogens is 2. The molecule has 33 heavy (non-hydrogen) atoms. The summed E-state index contributed by atoms with van der Waals surface area (Å²) in [5.41, 5.74) is 3.80. The number of oxazole rings is 1. The summed E-state index contributed by atoms with van der Waals surface area (Å²) in [6.45, 7) is 2.85. The Balaban J connectivity index is 1.45. The summed E-state index contributed by atoms with van der Waals surface area (Å²) in [5.74, 6) is 0.227. The maximum atomic E-state index is 12.2. The Morgan fingerprint density at radius 2 is 2.00 bits per heavy atom. The third-order valence-electron chi connectivity index (χ3n) is 5.43. The molecule has 4 aromatic rings. The molecule has 0 aliphatic rings. The highest BCUT2D eigenvalue weighted by Crippen LogP contribution is 2.20. The van der Waals surface area contributed by atoms with E-state index in [1.807, 2.05) is 30.3 Å². The smallest absolute Gasteiger partial charge is 0.273 e. The number of carbonyl (C=O) groups is 1. The Kier molecular flexibility index (Phi) is 7.78. The van der Waals surface area contributed by atoms with Crippen LogP contribution in [0.1, 0.15) is 27.5 Å². The molecule has 0 aliphatic carbocycles. The predicted molar refractivity (Wildman–Crippen MR) is 128 cm³/mol. The number of para-hydroxylation sites is 1. The van der Waals surface area contributed by atoms with Crippen molar-refractivity contribution in [2.45, 2.75) is 19.5 Å². The maximum absolute atomic E-state index is 12.2. The van der Waals surface area contributed by atoms with Gasteiger partial charge < -0.3 is 19.5 Å². The lowest BCUT2D eigenvalue weighted by atomic mass is 10.1. The van der Waals surface area contributed by atoms with Crippen LogP contribution in [0.3, 0.4) is 0 Å². The van der Waals surface area contributed by atoms with Crippen molar-refractivity contribution in [1.82, 2.24) is 20.2 Å². The van der Waals surface area contributed by atoms with Gasteiger partial charge in [-0.1, -0.05) is 41.9 Å². The third-order valence-corrected chi connectivity index (χ3v) is 5.68. The Labute approximate surface area is 197 Å². The standard InChI is InChI=1S/C25H27ClN4O3/c1-32-13-11-27-25(31)23-17-33-24(29-23)16-30(15-18-6-8-20(26)9-7-18)12-10-19-14-28-22-5-3-2-4-21(19)22/h2-9,14,17,28H,10-13,15-16H2,1H3,(H,27,31). The molecule has 0 aliphatic heterocycles. The van der Waals surface area contributed by atoms with E-state index in [0.717, 1.165) is 24.0 Å². The summed E-state index contributed by atoms with van der Waals surface area (Å²) in [5, 5.41) is 4.70. The number of rotatable bonds is 11. The zero-order valence-electron chi connectivity index (χ0n) is 18.5. The summed E-state index contributed by atoms with van der Waals surface area (Å²) in [4.78, 5) is 22.2. The van der Waals surface area contributed by atoms with E-state index in [1.54, 1.807) is 7.11 Å². The van der Waals surface area contributed by atoms with Gasteiger partial charge in [-0.2, -0.15) is 0 Å². The van der Waals surface area contributed by atoms with Crippen LogP contribution in [0.5, 0.6) is 0 Å². The first-order valence-electron chi connectivity index (χ1n) is 10.9. The molecule has 0 spiro atoms. The Morgan fingerprint density at radius 1 is 1.18 bits per heavy atom. The summed E-state index contributed by atoms with van der Waals surface area (Å²) in [6, 6.07) is 16.1. The van der Waals surface area contributed by atoms with E-state index in [1.165, 1.54) is 17.2 Å². The van der Waals surface area contributed by atoms with Gasteiger partial charge in [0.1, 0.15) is 6.26 Å². The minimum Gasteiger partial charge on any atom is -0.447 e. The first kappa shape index (κ1) is 23.0. The second-order valence-electron chi connectivity index (χ2n) is 7.82. The highest BCUT2D eigenvalue weighted by Gasteiger charge is 2.16. The van der Waals surface area contributed by atoms with Crippen molar-refractivity contribution in [3.8, 4) is 0 Å². The van der Waals surface area contributed by atoms with Crippen molar-refractivity contribution >= 4 is 28.4 Å². The van der Waals surface area contributed by atoms with Gasteiger partial charge in [0.05, 0.1) is 13.2 Å². The van der Waals surface area contributed by atoms with Crippen LogP contribution < -0.4 is 5.32 Å². The average molecular weight is 467 g/mol. The molecule has 0 fully saturated rings. The van der Waals surface area contributed by atoms with Crippen LogP contribution in [0, 0.1) is 0 Å². The number of fused-ring (bicyclic) bond motifs is 1. The minimum atomic E-state index is -0.273. The van der Waals surface area contributed by atoms with Gasteiger partial charge >= 0.3 is 0 Å². The number of amides is 1. The second kappa shape index (κ2) is 11.1. The molecule has 2 aromatic carbocycles. The molecule has 0 bridgehead atoms. The zero-order chi connectivity index (χ0) is 23.0. The fourth-order valence-electron chi connectivity index (χ4n) is 3.72. The van der Waals surface area contributed by atoms with Crippen molar-refractivity contribution < 1.29 is 13.9 Å². The van der Waals surface area contributed by atoms with E-state index in [4.69, 9.17) is 20.8 Å². The number of ether oxygens (including phenoxy) is 1. The summed E-state index contributed by atoms with van der Waals surface area (Å²) < 4.78 is 10.6. The van der Waals surface area contributed by atoms with E-state index in [2.05, 4.69) is 44.6 Å². The lowest BCUT2D eigenvalue weighted by Gasteiger charge is -2.21. The largest absolute Gasteiger partial charge is 0.447 e. The van der Waals surface area contributed by atoms with Crippen LogP contribution >= 0.6 is 11.6 Å². The second-order valence-corrected chi connectivity index (χ2v) is 8.26. The molecule has 2 aromatic heterocycles. The first-order chi connectivity index (χ1) is 16.1. The van der Waals surface area contributed by atoms with Gasteiger partial charge in [-0.25, -0.2) is 4.98 Å². The van der Waals surface area contributed by atoms with Gasteiger partial charge in [0.15, 0.2) is 5.69 Å². The SMILES string of the molecule is COCCNC(=O)c1coc(CN(CCc2c[nH]c3ccccc23)Cc2ccc(Cl)cc2)n1. The minimum absolute atomic E-state index is 0.268. The van der Waals surface area contributed by atoms with E-state index >= 15 is 0 Å². The Hall–Kier alpha value is -3.13. The van der Waals surface area contributed by atoms with Gasteiger partial charge in [-0.15, -0.1) is 0 Å². The first-order valence-corrected chi connectivity index (χ1v) is 11.2. The molecule has 0 radical (unpaired) electrons. The number of hydrogen-bond acceptors (Lipinski definition) is 5. The quantitative estimate of drug-likeness (QED) is 0.319. The van der Waals surface area contributed by atoms with Crippen molar-refractivity contribution in [1.29, 1.82) is 0 Å². The molecular formula is C25H27ClN4O3. The molecule has 0 unspecified atom stereocenters. The van der Waals surface area contributed by atoms with Crippen molar-refractivity contribution in [2.75, 3.05) is 26.8 Å². The topological polar surface area (TPSA) is 83.4 Å². The van der Waals surface area contributed by atoms with Crippen molar-refractivity contribution in [2.24, 2.45) is 0 Å². The van der Waals surface area contributed by atoms with E-state index < -0.39 is 0 Å². The van der Waals surface area contributed by atoms with E-state index in [0.29, 0.717) is 37.2 Å². The number of halogens is 1. The monoisotopic (exact) mass is 466 g/mol. The van der Waals surface area contributed by atoms with Gasteiger partial charge in [-0.05, 0) is 35.7 Å². The Morgan fingerprint density at radius 3 is 2.82 bits per heavy atom. The van der Waals surface area contributed by atoms with Crippen LogP contribution in [0.15, 0.2) is 65.4 Å². The molecular weight excluding hydrogens is 440 g/mol. The lowest BCUT2D eigenvalue weighted by molar-refractivity contribution is 0.0932. The summed E-state index contributed by atoms with van der Waals surface area (Å²) >= 11 is 6.05.